The minimum atomic E-state index is 0.372. The second-order valence-corrected chi connectivity index (χ2v) is 6.13. The molecule has 1 aromatic rings. The molecule has 1 aromatic carbocycles. The van der Waals surface area contributed by atoms with Crippen molar-refractivity contribution < 1.29 is 0 Å². The number of hydrogen-bond donors (Lipinski definition) is 1. The summed E-state index contributed by atoms with van der Waals surface area (Å²) in [5.41, 5.74) is 1.48. The molecule has 1 rings (SSSR count). The Morgan fingerprint density at radius 2 is 2.00 bits per heavy atom. The van der Waals surface area contributed by atoms with E-state index in [1.54, 1.807) is 0 Å². The van der Waals surface area contributed by atoms with Crippen LogP contribution in [0.4, 0.5) is 5.69 Å². The van der Waals surface area contributed by atoms with Crippen molar-refractivity contribution in [2.75, 3.05) is 11.9 Å². The van der Waals surface area contributed by atoms with Crippen LogP contribution in [0.1, 0.15) is 27.2 Å². The molecule has 0 aromatic heterocycles. The molecule has 1 N–H and O–H groups in total. The van der Waals surface area contributed by atoms with E-state index in [-0.39, 0.29) is 0 Å². The Labute approximate surface area is 105 Å². The van der Waals surface area contributed by atoms with Gasteiger partial charge in [-0.3, -0.25) is 0 Å². The second kappa shape index (κ2) is 5.22. The maximum atomic E-state index is 5.91. The number of anilines is 1. The molecule has 0 radical (unpaired) electrons. The average Bonchev–Trinajstić information content (AvgIpc) is 2.09. The normalized spacial score (nSPS) is 11.5. The highest BCUT2D eigenvalue weighted by atomic mass is 79.9. The lowest BCUT2D eigenvalue weighted by Crippen LogP contribution is -2.12. The van der Waals surface area contributed by atoms with Crippen molar-refractivity contribution in [3.05, 3.63) is 27.7 Å². The summed E-state index contributed by atoms with van der Waals surface area (Å²) < 4.78 is 0.935. The third kappa shape index (κ3) is 4.89. The van der Waals surface area contributed by atoms with Gasteiger partial charge < -0.3 is 5.32 Å². The first-order valence-corrected chi connectivity index (χ1v) is 6.24. The van der Waals surface area contributed by atoms with Crippen LogP contribution in [-0.2, 0) is 0 Å². The lowest BCUT2D eigenvalue weighted by atomic mass is 9.92. The molecule has 3 heteroatoms. The van der Waals surface area contributed by atoms with Crippen LogP contribution in [0.2, 0.25) is 5.02 Å². The predicted molar refractivity (Wildman–Crippen MR) is 71.7 cm³/mol. The van der Waals surface area contributed by atoms with Crippen LogP contribution in [0.25, 0.3) is 0 Å². The topological polar surface area (TPSA) is 12.0 Å². The van der Waals surface area contributed by atoms with Crippen molar-refractivity contribution in [2.45, 2.75) is 27.2 Å². The van der Waals surface area contributed by atoms with Crippen molar-refractivity contribution in [3.8, 4) is 0 Å². The highest BCUT2D eigenvalue weighted by Crippen LogP contribution is 2.26. The monoisotopic (exact) mass is 289 g/mol. The average molecular weight is 291 g/mol. The fraction of sp³-hybridized carbons (Fsp3) is 0.500. The number of nitrogens with one attached hydrogen (secondary N) is 1. The predicted octanol–water partition coefficient (Wildman–Crippen LogP) is 4.95. The minimum absolute atomic E-state index is 0.372. The molecule has 0 aliphatic heterocycles. The fourth-order valence-electron chi connectivity index (χ4n) is 1.19. The summed E-state index contributed by atoms with van der Waals surface area (Å²) in [4.78, 5) is 0. The van der Waals surface area contributed by atoms with Gasteiger partial charge in [0.1, 0.15) is 0 Å². The SMILES string of the molecule is CC(C)(C)CCNc1ccc(Cl)c(Br)c1. The van der Waals surface area contributed by atoms with Gasteiger partial charge in [-0.05, 0) is 46.0 Å². The molecule has 0 unspecified atom stereocenters. The molecule has 0 atom stereocenters. The maximum Gasteiger partial charge on any atom is 0.0549 e. The zero-order valence-electron chi connectivity index (χ0n) is 9.40. The Bertz CT molecular complexity index is 331. The molecular formula is C12H17BrClN. The summed E-state index contributed by atoms with van der Waals surface area (Å²) in [7, 11) is 0. The number of hydrogen-bond acceptors (Lipinski definition) is 1. The van der Waals surface area contributed by atoms with Crippen molar-refractivity contribution >= 4 is 33.2 Å². The summed E-state index contributed by atoms with van der Waals surface area (Å²) in [5.74, 6) is 0. The Morgan fingerprint density at radius 3 is 2.53 bits per heavy atom. The van der Waals surface area contributed by atoms with Crippen LogP contribution in [0, 0.1) is 5.41 Å². The van der Waals surface area contributed by atoms with E-state index in [4.69, 9.17) is 11.6 Å². The zero-order chi connectivity index (χ0) is 11.5. The van der Waals surface area contributed by atoms with Crippen LogP contribution in [0.5, 0.6) is 0 Å². The maximum absolute atomic E-state index is 5.91. The first-order valence-electron chi connectivity index (χ1n) is 5.07. The van der Waals surface area contributed by atoms with Crippen molar-refractivity contribution in [1.82, 2.24) is 0 Å². The minimum Gasteiger partial charge on any atom is -0.385 e. The largest absolute Gasteiger partial charge is 0.385 e. The second-order valence-electron chi connectivity index (χ2n) is 4.87. The summed E-state index contributed by atoms with van der Waals surface area (Å²) in [5, 5.41) is 4.13. The molecule has 0 aliphatic carbocycles. The van der Waals surface area contributed by atoms with Crippen molar-refractivity contribution in [2.24, 2.45) is 5.41 Å². The lowest BCUT2D eigenvalue weighted by molar-refractivity contribution is 0.390. The summed E-state index contributed by atoms with van der Waals surface area (Å²) in [6.07, 6.45) is 1.15. The molecule has 15 heavy (non-hydrogen) atoms. The number of halogens is 2. The molecular weight excluding hydrogens is 273 g/mol. The Balaban J connectivity index is 2.48. The van der Waals surface area contributed by atoms with Crippen molar-refractivity contribution in [3.63, 3.8) is 0 Å². The summed E-state index contributed by atoms with van der Waals surface area (Å²) in [6.45, 7) is 7.71. The number of benzene rings is 1. The van der Waals surface area contributed by atoms with Gasteiger partial charge in [-0.2, -0.15) is 0 Å². The first-order chi connectivity index (χ1) is 6.88. The Morgan fingerprint density at radius 1 is 1.33 bits per heavy atom. The van der Waals surface area contributed by atoms with E-state index in [9.17, 15) is 0 Å². The van der Waals surface area contributed by atoms with Crippen LogP contribution in [-0.4, -0.2) is 6.54 Å². The molecule has 0 saturated carbocycles. The third-order valence-corrected chi connectivity index (χ3v) is 3.34. The fourth-order valence-corrected chi connectivity index (χ4v) is 1.68. The highest BCUT2D eigenvalue weighted by molar-refractivity contribution is 9.10. The molecule has 0 heterocycles. The molecule has 0 bridgehead atoms. The van der Waals surface area contributed by atoms with Crippen LogP contribution >= 0.6 is 27.5 Å². The molecule has 0 spiro atoms. The van der Waals surface area contributed by atoms with Gasteiger partial charge in [0.15, 0.2) is 0 Å². The van der Waals surface area contributed by atoms with Crippen LogP contribution < -0.4 is 5.32 Å². The zero-order valence-corrected chi connectivity index (χ0v) is 11.7. The highest BCUT2D eigenvalue weighted by Gasteiger charge is 2.09. The van der Waals surface area contributed by atoms with E-state index in [0.29, 0.717) is 5.41 Å². The van der Waals surface area contributed by atoms with E-state index >= 15 is 0 Å². The molecule has 0 aliphatic rings. The van der Waals surface area contributed by atoms with E-state index in [2.05, 4.69) is 42.0 Å². The smallest absolute Gasteiger partial charge is 0.0549 e. The molecule has 1 nitrogen and oxygen atoms in total. The number of rotatable bonds is 3. The molecule has 84 valence electrons. The van der Waals surface area contributed by atoms with Crippen molar-refractivity contribution in [1.29, 1.82) is 0 Å². The standard InChI is InChI=1S/C12H17BrClN/c1-12(2,3)6-7-15-9-4-5-11(14)10(13)8-9/h4-5,8,15H,6-7H2,1-3H3. The van der Waals surface area contributed by atoms with Gasteiger partial charge >= 0.3 is 0 Å². The summed E-state index contributed by atoms with van der Waals surface area (Å²) >= 11 is 9.32. The third-order valence-electron chi connectivity index (χ3n) is 2.12. The first kappa shape index (κ1) is 12.9. The van der Waals surface area contributed by atoms with E-state index < -0.39 is 0 Å². The quantitative estimate of drug-likeness (QED) is 0.830. The Kier molecular flexibility index (Phi) is 4.47. The van der Waals surface area contributed by atoms with Gasteiger partial charge in [-0.25, -0.2) is 0 Å². The Hall–Kier alpha value is -0.210. The van der Waals surface area contributed by atoms with Gasteiger partial charge in [0.25, 0.3) is 0 Å². The van der Waals surface area contributed by atoms with E-state index in [1.807, 2.05) is 18.2 Å². The summed E-state index contributed by atoms with van der Waals surface area (Å²) in [6, 6.07) is 5.89. The van der Waals surface area contributed by atoms with E-state index in [1.165, 1.54) is 0 Å². The molecule has 0 fully saturated rings. The van der Waals surface area contributed by atoms with Gasteiger partial charge in [0.05, 0.1) is 5.02 Å². The van der Waals surface area contributed by atoms with Crippen LogP contribution in [0.3, 0.4) is 0 Å². The molecule has 0 saturated heterocycles. The van der Waals surface area contributed by atoms with Gasteiger partial charge in [-0.1, -0.05) is 32.4 Å². The molecule has 0 amide bonds. The van der Waals surface area contributed by atoms with Gasteiger partial charge in [-0.15, -0.1) is 0 Å². The lowest BCUT2D eigenvalue weighted by Gasteiger charge is -2.18. The van der Waals surface area contributed by atoms with Gasteiger partial charge in [0, 0.05) is 16.7 Å². The van der Waals surface area contributed by atoms with E-state index in [0.717, 1.165) is 28.1 Å². The van der Waals surface area contributed by atoms with Crippen LogP contribution in [0.15, 0.2) is 22.7 Å². The van der Waals surface area contributed by atoms with Gasteiger partial charge in [0.2, 0.25) is 0 Å².